The molecule has 0 bridgehead atoms. The van der Waals surface area contributed by atoms with Crippen LogP contribution in [0.2, 0.25) is 0 Å². The number of nitrogens with zero attached hydrogens (tertiary/aromatic N) is 2. The van der Waals surface area contributed by atoms with Gasteiger partial charge < -0.3 is 0 Å². The third-order valence-corrected chi connectivity index (χ3v) is 3.20. The van der Waals surface area contributed by atoms with E-state index in [1.165, 1.54) is 16.8 Å². The first-order valence-electron chi connectivity index (χ1n) is 6.05. The number of imidazole rings is 1. The molecular formula is C15H21N2+. The van der Waals surface area contributed by atoms with Crippen molar-refractivity contribution in [3.63, 3.8) is 0 Å². The van der Waals surface area contributed by atoms with Crippen molar-refractivity contribution < 1.29 is 4.57 Å². The summed E-state index contributed by atoms with van der Waals surface area (Å²) in [5.41, 5.74) is 4.02. The van der Waals surface area contributed by atoms with Crippen molar-refractivity contribution in [1.82, 2.24) is 4.57 Å². The smallest absolute Gasteiger partial charge is 0.232 e. The Bertz CT molecular complexity index is 530. The van der Waals surface area contributed by atoms with Gasteiger partial charge in [0.1, 0.15) is 23.6 Å². The Hall–Kier alpha value is -1.57. The molecule has 2 rings (SSSR count). The van der Waals surface area contributed by atoms with Crippen molar-refractivity contribution in [3.8, 4) is 5.69 Å². The van der Waals surface area contributed by atoms with Gasteiger partial charge in [-0.2, -0.15) is 0 Å². The lowest BCUT2D eigenvalue weighted by Crippen LogP contribution is -2.48. The molecule has 0 aliphatic heterocycles. The van der Waals surface area contributed by atoms with Crippen molar-refractivity contribution in [2.45, 2.75) is 40.2 Å². The molecule has 0 atom stereocenters. The third kappa shape index (κ3) is 2.41. The van der Waals surface area contributed by atoms with Crippen LogP contribution in [0, 0.1) is 13.8 Å². The van der Waals surface area contributed by atoms with Crippen LogP contribution < -0.4 is 4.57 Å². The molecule has 0 amide bonds. The Labute approximate surface area is 104 Å². The second-order valence-electron chi connectivity index (χ2n) is 5.67. The highest BCUT2D eigenvalue weighted by Crippen LogP contribution is 2.14. The highest BCUT2D eigenvalue weighted by atomic mass is 15.1. The van der Waals surface area contributed by atoms with Gasteiger partial charge in [-0.1, -0.05) is 6.07 Å². The van der Waals surface area contributed by atoms with E-state index in [1.54, 1.807) is 0 Å². The average molecular weight is 229 g/mol. The number of hydrogen-bond donors (Lipinski definition) is 0. The normalized spacial score (nSPS) is 11.8. The van der Waals surface area contributed by atoms with Crippen molar-refractivity contribution in [1.29, 1.82) is 0 Å². The molecule has 2 nitrogen and oxygen atoms in total. The summed E-state index contributed by atoms with van der Waals surface area (Å²) < 4.78 is 4.39. The van der Waals surface area contributed by atoms with Gasteiger partial charge in [-0.05, 0) is 57.9 Å². The number of benzene rings is 1. The van der Waals surface area contributed by atoms with Crippen LogP contribution in [0.25, 0.3) is 5.69 Å². The number of aryl methyl sites for hydroxylation is 2. The van der Waals surface area contributed by atoms with Crippen LogP contribution in [0.4, 0.5) is 0 Å². The zero-order chi connectivity index (χ0) is 12.6. The quantitative estimate of drug-likeness (QED) is 0.664. The summed E-state index contributed by atoms with van der Waals surface area (Å²) in [6.45, 7) is 10.9. The van der Waals surface area contributed by atoms with Gasteiger partial charge in [0.05, 0.1) is 0 Å². The SMILES string of the molecule is Cc1ccc(-n2cc[n+](C(C)(C)C)c2)cc1C. The molecule has 0 fully saturated rings. The fourth-order valence-corrected chi connectivity index (χ4v) is 1.79. The monoisotopic (exact) mass is 229 g/mol. The Morgan fingerprint density at radius 2 is 1.76 bits per heavy atom. The van der Waals surface area contributed by atoms with Crippen LogP contribution >= 0.6 is 0 Å². The molecule has 2 heteroatoms. The summed E-state index contributed by atoms with van der Waals surface area (Å²) in [5, 5.41) is 0. The van der Waals surface area contributed by atoms with E-state index in [9.17, 15) is 0 Å². The Kier molecular flexibility index (Phi) is 2.82. The van der Waals surface area contributed by atoms with Crippen molar-refractivity contribution >= 4 is 0 Å². The maximum Gasteiger partial charge on any atom is 0.249 e. The maximum atomic E-state index is 2.22. The first kappa shape index (κ1) is 11.9. The first-order valence-corrected chi connectivity index (χ1v) is 6.05. The van der Waals surface area contributed by atoms with E-state index in [0.717, 1.165) is 0 Å². The predicted octanol–water partition coefficient (Wildman–Crippen LogP) is 3.14. The minimum Gasteiger partial charge on any atom is -0.232 e. The van der Waals surface area contributed by atoms with Gasteiger partial charge >= 0.3 is 0 Å². The van der Waals surface area contributed by atoms with Gasteiger partial charge in [-0.25, -0.2) is 9.13 Å². The summed E-state index contributed by atoms with van der Waals surface area (Å²) in [5.74, 6) is 0. The van der Waals surface area contributed by atoms with Gasteiger partial charge in [0.15, 0.2) is 0 Å². The Morgan fingerprint density at radius 3 is 2.29 bits per heavy atom. The standard InChI is InChI=1S/C15H21N2/c1-12-6-7-14(10-13(12)2)16-8-9-17(11-16)15(3,4)5/h6-11H,1-5H3/q+1. The first-order chi connectivity index (χ1) is 7.88. The number of hydrogen-bond acceptors (Lipinski definition) is 0. The lowest BCUT2D eigenvalue weighted by atomic mass is 10.1. The number of aromatic nitrogens is 2. The lowest BCUT2D eigenvalue weighted by molar-refractivity contribution is -0.753. The van der Waals surface area contributed by atoms with Crippen LogP contribution in [0.1, 0.15) is 31.9 Å². The van der Waals surface area contributed by atoms with E-state index in [0.29, 0.717) is 0 Å². The van der Waals surface area contributed by atoms with E-state index in [2.05, 4.69) is 80.7 Å². The molecule has 0 spiro atoms. The van der Waals surface area contributed by atoms with E-state index >= 15 is 0 Å². The highest BCUT2D eigenvalue weighted by Gasteiger charge is 2.19. The summed E-state index contributed by atoms with van der Waals surface area (Å²) in [4.78, 5) is 0. The Balaban J connectivity index is 2.40. The summed E-state index contributed by atoms with van der Waals surface area (Å²) in [6.07, 6.45) is 6.37. The molecule has 1 aromatic heterocycles. The minimum atomic E-state index is 0.130. The molecule has 1 heterocycles. The lowest BCUT2D eigenvalue weighted by Gasteiger charge is -2.13. The molecule has 0 unspecified atom stereocenters. The molecule has 2 aromatic rings. The van der Waals surface area contributed by atoms with E-state index in [-0.39, 0.29) is 5.54 Å². The van der Waals surface area contributed by atoms with Crippen LogP contribution in [-0.4, -0.2) is 4.57 Å². The van der Waals surface area contributed by atoms with Crippen LogP contribution in [-0.2, 0) is 5.54 Å². The van der Waals surface area contributed by atoms with Crippen molar-refractivity contribution in [2.75, 3.05) is 0 Å². The highest BCUT2D eigenvalue weighted by molar-refractivity contribution is 5.39. The van der Waals surface area contributed by atoms with Gasteiger partial charge in [0, 0.05) is 0 Å². The van der Waals surface area contributed by atoms with Gasteiger partial charge in [-0.15, -0.1) is 0 Å². The van der Waals surface area contributed by atoms with E-state index in [4.69, 9.17) is 0 Å². The number of rotatable bonds is 1. The molecule has 0 aliphatic rings. The fraction of sp³-hybridized carbons (Fsp3) is 0.400. The molecule has 0 saturated heterocycles. The van der Waals surface area contributed by atoms with E-state index < -0.39 is 0 Å². The molecule has 17 heavy (non-hydrogen) atoms. The average Bonchev–Trinajstić information content (AvgIpc) is 2.70. The molecule has 0 radical (unpaired) electrons. The van der Waals surface area contributed by atoms with Gasteiger partial charge in [0.25, 0.3) is 0 Å². The summed E-state index contributed by atoms with van der Waals surface area (Å²) in [7, 11) is 0. The second-order valence-corrected chi connectivity index (χ2v) is 5.67. The van der Waals surface area contributed by atoms with Crippen LogP contribution in [0.15, 0.2) is 36.9 Å². The molecule has 0 saturated carbocycles. The predicted molar refractivity (Wildman–Crippen MR) is 70.4 cm³/mol. The fourth-order valence-electron chi connectivity index (χ4n) is 1.79. The zero-order valence-electron chi connectivity index (χ0n) is 11.4. The summed E-state index contributed by atoms with van der Waals surface area (Å²) in [6, 6.07) is 6.56. The third-order valence-electron chi connectivity index (χ3n) is 3.20. The Morgan fingerprint density at radius 1 is 1.06 bits per heavy atom. The largest absolute Gasteiger partial charge is 0.249 e. The van der Waals surface area contributed by atoms with Crippen LogP contribution in [0.3, 0.4) is 0 Å². The van der Waals surface area contributed by atoms with Crippen molar-refractivity contribution in [3.05, 3.63) is 48.0 Å². The van der Waals surface area contributed by atoms with Gasteiger partial charge in [-0.3, -0.25) is 0 Å². The van der Waals surface area contributed by atoms with Crippen molar-refractivity contribution in [2.24, 2.45) is 0 Å². The topological polar surface area (TPSA) is 8.81 Å². The molecule has 0 aliphatic carbocycles. The maximum absolute atomic E-state index is 2.22. The van der Waals surface area contributed by atoms with Crippen LogP contribution in [0.5, 0.6) is 0 Å². The summed E-state index contributed by atoms with van der Waals surface area (Å²) >= 11 is 0. The second kappa shape index (κ2) is 4.02. The molecular weight excluding hydrogens is 208 g/mol. The minimum absolute atomic E-state index is 0.130. The molecule has 0 N–H and O–H groups in total. The van der Waals surface area contributed by atoms with Gasteiger partial charge in [0.2, 0.25) is 6.33 Å². The molecule has 90 valence electrons. The zero-order valence-corrected chi connectivity index (χ0v) is 11.4. The molecule has 1 aromatic carbocycles. The van der Waals surface area contributed by atoms with E-state index in [1.807, 2.05) is 0 Å².